The summed E-state index contributed by atoms with van der Waals surface area (Å²) >= 11 is 0. The number of carbonyl (C=O) groups is 3. The highest BCUT2D eigenvalue weighted by atomic mass is 35.5. The summed E-state index contributed by atoms with van der Waals surface area (Å²) in [4.78, 5) is 34.3. The van der Waals surface area contributed by atoms with Crippen LogP contribution in [-0.2, 0) is 9.59 Å². The van der Waals surface area contributed by atoms with E-state index in [1.54, 1.807) is 18.2 Å². The molecule has 7 nitrogen and oxygen atoms in total. The monoisotopic (exact) mass is 328 g/mol. The van der Waals surface area contributed by atoms with Gasteiger partial charge in [-0.25, -0.2) is 0 Å². The predicted molar refractivity (Wildman–Crippen MR) is 86.7 cm³/mol. The molecule has 1 aromatic rings. The first-order valence-electron chi connectivity index (χ1n) is 6.54. The molecule has 8 heteroatoms. The molecule has 0 spiro atoms. The summed E-state index contributed by atoms with van der Waals surface area (Å²) in [5.74, 6) is -1.39. The average Bonchev–Trinajstić information content (AvgIpc) is 2.44. The normalized spacial score (nSPS) is 11.3. The van der Waals surface area contributed by atoms with Gasteiger partial charge in [0.25, 0.3) is 0 Å². The zero-order valence-corrected chi connectivity index (χ0v) is 13.3. The molecule has 0 radical (unpaired) electrons. The van der Waals surface area contributed by atoms with E-state index in [0.29, 0.717) is 11.3 Å². The molecule has 1 aromatic carbocycles. The van der Waals surface area contributed by atoms with Gasteiger partial charge in [-0.15, -0.1) is 12.4 Å². The van der Waals surface area contributed by atoms with Gasteiger partial charge in [0, 0.05) is 11.3 Å². The molecule has 1 atom stereocenters. The Hall–Kier alpha value is -2.12. The molecule has 0 heterocycles. The fourth-order valence-electron chi connectivity index (χ4n) is 1.54. The second kappa shape index (κ2) is 9.01. The third-order valence-electron chi connectivity index (χ3n) is 2.88. The van der Waals surface area contributed by atoms with Gasteiger partial charge >= 0.3 is 0 Å². The molecular weight excluding hydrogens is 308 g/mol. The number of hydrogen-bond acceptors (Lipinski definition) is 4. The fraction of sp³-hybridized carbons (Fsp3) is 0.357. The van der Waals surface area contributed by atoms with Crippen LogP contribution in [0.15, 0.2) is 24.3 Å². The first-order valence-corrected chi connectivity index (χ1v) is 6.54. The lowest BCUT2D eigenvalue weighted by molar-refractivity contribution is -0.125. The van der Waals surface area contributed by atoms with E-state index in [9.17, 15) is 14.4 Å². The molecule has 0 aliphatic heterocycles. The van der Waals surface area contributed by atoms with Gasteiger partial charge < -0.3 is 22.1 Å². The van der Waals surface area contributed by atoms with Crippen LogP contribution in [0.25, 0.3) is 0 Å². The number of primary amides is 1. The number of amides is 3. The van der Waals surface area contributed by atoms with Crippen molar-refractivity contribution in [3.63, 3.8) is 0 Å². The van der Waals surface area contributed by atoms with E-state index < -0.39 is 17.9 Å². The standard InChI is InChI=1S/C14H20N4O3.ClH/c1-8(2)12(15)14(21)17-7-11(19)18-10-5-3-4-9(6-10)13(16)20;/h3-6,8,12H,7,15H2,1-2H3,(H2,16,20)(H,17,21)(H,18,19);1H/t12-;/m0./s1. The molecule has 22 heavy (non-hydrogen) atoms. The third-order valence-corrected chi connectivity index (χ3v) is 2.88. The number of anilines is 1. The van der Waals surface area contributed by atoms with Crippen LogP contribution in [0, 0.1) is 5.92 Å². The van der Waals surface area contributed by atoms with E-state index in [-0.39, 0.29) is 30.8 Å². The van der Waals surface area contributed by atoms with Gasteiger partial charge in [-0.3, -0.25) is 14.4 Å². The van der Waals surface area contributed by atoms with Crippen LogP contribution in [0.3, 0.4) is 0 Å². The minimum atomic E-state index is -0.656. The molecule has 0 aliphatic carbocycles. The Bertz CT molecular complexity index is 549. The maximum atomic E-state index is 11.7. The van der Waals surface area contributed by atoms with E-state index in [4.69, 9.17) is 11.5 Å². The second-order valence-corrected chi connectivity index (χ2v) is 4.98. The molecule has 0 bridgehead atoms. The molecule has 1 rings (SSSR count). The molecule has 0 unspecified atom stereocenters. The summed E-state index contributed by atoms with van der Waals surface area (Å²) in [7, 11) is 0. The van der Waals surface area contributed by atoms with Crippen molar-refractivity contribution in [3.8, 4) is 0 Å². The second-order valence-electron chi connectivity index (χ2n) is 4.98. The topological polar surface area (TPSA) is 127 Å². The zero-order chi connectivity index (χ0) is 16.0. The molecule has 0 saturated heterocycles. The lowest BCUT2D eigenvalue weighted by Gasteiger charge is -2.15. The van der Waals surface area contributed by atoms with Crippen molar-refractivity contribution in [2.45, 2.75) is 19.9 Å². The van der Waals surface area contributed by atoms with Gasteiger partial charge in [0.2, 0.25) is 17.7 Å². The molecule has 0 aromatic heterocycles. The molecule has 0 saturated carbocycles. The summed E-state index contributed by atoms with van der Waals surface area (Å²) in [6, 6.07) is 5.56. The fourth-order valence-corrected chi connectivity index (χ4v) is 1.54. The smallest absolute Gasteiger partial charge is 0.248 e. The van der Waals surface area contributed by atoms with Crippen molar-refractivity contribution in [1.82, 2.24) is 5.32 Å². The summed E-state index contributed by atoms with van der Waals surface area (Å²) in [6.07, 6.45) is 0. The number of hydrogen-bond donors (Lipinski definition) is 4. The van der Waals surface area contributed by atoms with E-state index in [0.717, 1.165) is 0 Å². The molecule has 0 fully saturated rings. The highest BCUT2D eigenvalue weighted by Crippen LogP contribution is 2.09. The predicted octanol–water partition coefficient (Wildman–Crippen LogP) is 0.245. The highest BCUT2D eigenvalue weighted by molar-refractivity contribution is 5.98. The maximum absolute atomic E-state index is 11.7. The molecule has 3 amide bonds. The van der Waals surface area contributed by atoms with Crippen LogP contribution < -0.4 is 22.1 Å². The van der Waals surface area contributed by atoms with Gasteiger partial charge in [0.1, 0.15) is 0 Å². The molecular formula is C14H21ClN4O3. The summed E-state index contributed by atoms with van der Waals surface area (Å²) in [5, 5.41) is 5.01. The number of nitrogens with one attached hydrogen (secondary N) is 2. The minimum absolute atomic E-state index is 0. The van der Waals surface area contributed by atoms with Crippen LogP contribution in [0.4, 0.5) is 5.69 Å². The lowest BCUT2D eigenvalue weighted by atomic mass is 10.1. The van der Waals surface area contributed by atoms with Crippen molar-refractivity contribution in [3.05, 3.63) is 29.8 Å². The van der Waals surface area contributed by atoms with Crippen molar-refractivity contribution in [1.29, 1.82) is 0 Å². The van der Waals surface area contributed by atoms with E-state index in [1.807, 2.05) is 13.8 Å². The Morgan fingerprint density at radius 1 is 1.23 bits per heavy atom. The largest absolute Gasteiger partial charge is 0.366 e. The van der Waals surface area contributed by atoms with Crippen LogP contribution in [0.2, 0.25) is 0 Å². The number of rotatable bonds is 6. The number of benzene rings is 1. The van der Waals surface area contributed by atoms with Crippen LogP contribution in [0.5, 0.6) is 0 Å². The van der Waals surface area contributed by atoms with Crippen molar-refractivity contribution in [2.75, 3.05) is 11.9 Å². The Morgan fingerprint density at radius 2 is 1.86 bits per heavy atom. The van der Waals surface area contributed by atoms with Gasteiger partial charge in [0.15, 0.2) is 0 Å². The van der Waals surface area contributed by atoms with E-state index in [1.165, 1.54) is 6.07 Å². The Labute approximate surface area is 135 Å². The van der Waals surface area contributed by atoms with Crippen LogP contribution in [-0.4, -0.2) is 30.3 Å². The Balaban J connectivity index is 0.00000441. The van der Waals surface area contributed by atoms with E-state index in [2.05, 4.69) is 10.6 Å². The zero-order valence-electron chi connectivity index (χ0n) is 12.5. The number of halogens is 1. The minimum Gasteiger partial charge on any atom is -0.366 e. The number of carbonyl (C=O) groups excluding carboxylic acids is 3. The Kier molecular flexibility index (Phi) is 8.14. The molecule has 6 N–H and O–H groups in total. The van der Waals surface area contributed by atoms with Crippen molar-refractivity contribution < 1.29 is 14.4 Å². The quantitative estimate of drug-likeness (QED) is 0.596. The average molecular weight is 329 g/mol. The van der Waals surface area contributed by atoms with Crippen LogP contribution in [0.1, 0.15) is 24.2 Å². The van der Waals surface area contributed by atoms with Crippen LogP contribution >= 0.6 is 12.4 Å². The number of nitrogens with two attached hydrogens (primary N) is 2. The summed E-state index contributed by atoms with van der Waals surface area (Å²) in [5.41, 5.74) is 11.5. The Morgan fingerprint density at radius 3 is 2.41 bits per heavy atom. The summed E-state index contributed by atoms with van der Waals surface area (Å²) < 4.78 is 0. The summed E-state index contributed by atoms with van der Waals surface area (Å²) in [6.45, 7) is 3.44. The first kappa shape index (κ1) is 19.9. The highest BCUT2D eigenvalue weighted by Gasteiger charge is 2.17. The van der Waals surface area contributed by atoms with E-state index >= 15 is 0 Å². The van der Waals surface area contributed by atoms with Gasteiger partial charge in [-0.1, -0.05) is 19.9 Å². The van der Waals surface area contributed by atoms with Gasteiger partial charge in [-0.05, 0) is 24.1 Å². The van der Waals surface area contributed by atoms with Gasteiger partial charge in [0.05, 0.1) is 12.6 Å². The third kappa shape index (κ3) is 6.11. The SMILES string of the molecule is CC(C)[C@H](N)C(=O)NCC(=O)Nc1cccc(C(N)=O)c1.Cl. The molecule has 0 aliphatic rings. The van der Waals surface area contributed by atoms with Crippen molar-refractivity contribution in [2.24, 2.45) is 17.4 Å². The maximum Gasteiger partial charge on any atom is 0.248 e. The molecule has 122 valence electrons. The first-order chi connectivity index (χ1) is 9.81. The van der Waals surface area contributed by atoms with Crippen molar-refractivity contribution >= 4 is 35.8 Å². The van der Waals surface area contributed by atoms with Gasteiger partial charge in [-0.2, -0.15) is 0 Å². The lowest BCUT2D eigenvalue weighted by Crippen LogP contribution is -2.46.